The Morgan fingerprint density at radius 1 is 1.46 bits per heavy atom. The van der Waals surface area contributed by atoms with Crippen LogP contribution in [0.5, 0.6) is 0 Å². The Labute approximate surface area is 77.2 Å². The first kappa shape index (κ1) is 10.2. The Hall–Kier alpha value is -0.850. The average Bonchev–Trinajstić information content (AvgIpc) is 2.47. The molecule has 3 nitrogen and oxygen atoms in total. The molecule has 0 unspecified atom stereocenters. The fourth-order valence-electron chi connectivity index (χ4n) is 0.711. The number of hydrogen-bond donors (Lipinski definition) is 1. The van der Waals surface area contributed by atoms with Crippen molar-refractivity contribution in [1.29, 1.82) is 0 Å². The molecule has 0 atom stereocenters. The van der Waals surface area contributed by atoms with Crippen molar-refractivity contribution in [3.63, 3.8) is 0 Å². The summed E-state index contributed by atoms with van der Waals surface area (Å²) in [5.41, 5.74) is 0. The van der Waals surface area contributed by atoms with Crippen molar-refractivity contribution < 1.29 is 13.2 Å². The van der Waals surface area contributed by atoms with Crippen LogP contribution in [0.25, 0.3) is 0 Å². The van der Waals surface area contributed by atoms with E-state index in [9.17, 15) is 13.2 Å². The molecule has 0 aliphatic carbocycles. The molecule has 0 radical (unpaired) electrons. The molecule has 74 valence electrons. The number of rotatable bonds is 3. The maximum atomic E-state index is 11.8. The Morgan fingerprint density at radius 3 is 2.62 bits per heavy atom. The molecule has 1 N–H and O–H groups in total. The highest BCUT2D eigenvalue weighted by atomic mass is 32.1. The third-order valence-corrected chi connectivity index (χ3v) is 2.08. The number of nitrogens with one attached hydrogen (secondary N) is 1. The van der Waals surface area contributed by atoms with Crippen molar-refractivity contribution in [2.24, 2.45) is 0 Å². The molecule has 0 amide bonds. The van der Waals surface area contributed by atoms with Gasteiger partial charge in [-0.3, -0.25) is 0 Å². The first-order chi connectivity index (χ1) is 6.01. The molecule has 0 aliphatic heterocycles. The van der Waals surface area contributed by atoms with Crippen molar-refractivity contribution in [1.82, 2.24) is 9.36 Å². The molecule has 1 aromatic rings. The highest BCUT2D eigenvalue weighted by Crippen LogP contribution is 2.22. The zero-order valence-corrected chi connectivity index (χ0v) is 7.67. The normalized spacial score (nSPS) is 11.7. The maximum absolute atomic E-state index is 11.8. The molecule has 0 spiro atoms. The van der Waals surface area contributed by atoms with Crippen LogP contribution in [-0.4, -0.2) is 22.6 Å². The number of hydrogen-bond acceptors (Lipinski definition) is 4. The van der Waals surface area contributed by atoms with Gasteiger partial charge in [0.2, 0.25) is 5.13 Å². The molecule has 0 aromatic carbocycles. The van der Waals surface area contributed by atoms with Crippen LogP contribution < -0.4 is 5.32 Å². The Bertz CT molecular complexity index is 270. The highest BCUT2D eigenvalue weighted by molar-refractivity contribution is 7.09. The first-order valence-electron chi connectivity index (χ1n) is 3.58. The largest absolute Gasteiger partial charge is 0.389 e. The van der Waals surface area contributed by atoms with Crippen molar-refractivity contribution in [2.75, 3.05) is 12.4 Å². The third kappa shape index (κ3) is 3.58. The lowest BCUT2D eigenvalue weighted by Crippen LogP contribution is -2.09. The lowest BCUT2D eigenvalue weighted by molar-refractivity contribution is -0.134. The van der Waals surface area contributed by atoms with Crippen molar-refractivity contribution in [2.45, 2.75) is 19.0 Å². The predicted molar refractivity (Wildman–Crippen MR) is 43.8 cm³/mol. The summed E-state index contributed by atoms with van der Waals surface area (Å²) in [4.78, 5) is 3.83. The topological polar surface area (TPSA) is 37.8 Å². The second kappa shape index (κ2) is 3.91. The van der Waals surface area contributed by atoms with Crippen LogP contribution in [0.1, 0.15) is 12.2 Å². The molecule has 1 rings (SSSR count). The molecule has 1 heterocycles. The quantitative estimate of drug-likeness (QED) is 0.831. The molecular weight excluding hydrogens is 203 g/mol. The predicted octanol–water partition coefficient (Wildman–Crippen LogP) is 2.07. The molecule has 13 heavy (non-hydrogen) atoms. The van der Waals surface area contributed by atoms with E-state index in [0.717, 1.165) is 11.5 Å². The van der Waals surface area contributed by atoms with E-state index in [-0.39, 0.29) is 12.2 Å². The van der Waals surface area contributed by atoms with Crippen molar-refractivity contribution in [3.8, 4) is 0 Å². The van der Waals surface area contributed by atoms with E-state index in [1.165, 1.54) is 0 Å². The van der Waals surface area contributed by atoms with Crippen LogP contribution in [0.2, 0.25) is 0 Å². The van der Waals surface area contributed by atoms with E-state index in [2.05, 4.69) is 14.7 Å². The summed E-state index contributed by atoms with van der Waals surface area (Å²) in [6.07, 6.45) is -5.15. The number of nitrogens with zero attached hydrogens (tertiary/aromatic N) is 2. The van der Waals surface area contributed by atoms with Crippen molar-refractivity contribution >= 4 is 16.7 Å². The number of alkyl halides is 3. The summed E-state index contributed by atoms with van der Waals surface area (Å²) in [6.45, 7) is 0. The van der Waals surface area contributed by atoms with Gasteiger partial charge in [-0.15, -0.1) is 0 Å². The molecule has 1 aromatic heterocycles. The molecule has 0 bridgehead atoms. The van der Waals surface area contributed by atoms with Gasteiger partial charge < -0.3 is 5.32 Å². The van der Waals surface area contributed by atoms with Gasteiger partial charge in [-0.05, 0) is 0 Å². The van der Waals surface area contributed by atoms with E-state index >= 15 is 0 Å². The van der Waals surface area contributed by atoms with E-state index in [1.54, 1.807) is 7.05 Å². The van der Waals surface area contributed by atoms with Crippen molar-refractivity contribution in [3.05, 3.63) is 5.82 Å². The third-order valence-electron chi connectivity index (χ3n) is 1.31. The van der Waals surface area contributed by atoms with Gasteiger partial charge in [0.15, 0.2) is 0 Å². The maximum Gasteiger partial charge on any atom is 0.389 e. The minimum atomic E-state index is -4.13. The SMILES string of the molecule is CNc1nc(CCC(F)(F)F)ns1. The fourth-order valence-corrected chi connectivity index (χ4v) is 1.27. The Morgan fingerprint density at radius 2 is 2.15 bits per heavy atom. The van der Waals surface area contributed by atoms with Gasteiger partial charge in [-0.1, -0.05) is 0 Å². The minimum Gasteiger partial charge on any atom is -0.363 e. The van der Waals surface area contributed by atoms with E-state index in [1.807, 2.05) is 0 Å². The monoisotopic (exact) mass is 211 g/mol. The lowest BCUT2D eigenvalue weighted by Gasteiger charge is -2.02. The summed E-state index contributed by atoms with van der Waals surface area (Å²) in [5, 5.41) is 3.25. The van der Waals surface area contributed by atoms with Crippen LogP contribution in [-0.2, 0) is 6.42 Å². The van der Waals surface area contributed by atoms with Crippen LogP contribution in [0.15, 0.2) is 0 Å². The Kier molecular flexibility index (Phi) is 3.07. The van der Waals surface area contributed by atoms with Gasteiger partial charge in [-0.2, -0.15) is 17.5 Å². The summed E-state index contributed by atoms with van der Waals surface area (Å²) >= 11 is 1.06. The smallest absolute Gasteiger partial charge is 0.363 e. The van der Waals surface area contributed by atoms with Gasteiger partial charge in [0, 0.05) is 25.0 Å². The van der Waals surface area contributed by atoms with Gasteiger partial charge in [-0.25, -0.2) is 4.98 Å². The molecule has 0 fully saturated rings. The van der Waals surface area contributed by atoms with Gasteiger partial charge >= 0.3 is 6.18 Å². The van der Waals surface area contributed by atoms with E-state index in [0.29, 0.717) is 5.13 Å². The summed E-state index contributed by atoms with van der Waals surface area (Å²) < 4.78 is 39.0. The average molecular weight is 211 g/mol. The minimum absolute atomic E-state index is 0.151. The van der Waals surface area contributed by atoms with E-state index in [4.69, 9.17) is 0 Å². The lowest BCUT2D eigenvalue weighted by atomic mass is 10.3. The van der Waals surface area contributed by atoms with Crippen LogP contribution >= 0.6 is 11.5 Å². The molecule has 7 heteroatoms. The second-order valence-corrected chi connectivity index (χ2v) is 3.13. The Balaban J connectivity index is 2.46. The molecule has 0 saturated carbocycles. The molecular formula is C6H8F3N3S. The fraction of sp³-hybridized carbons (Fsp3) is 0.667. The van der Waals surface area contributed by atoms with Crippen LogP contribution in [0.3, 0.4) is 0 Å². The van der Waals surface area contributed by atoms with Crippen LogP contribution in [0.4, 0.5) is 18.3 Å². The second-order valence-electron chi connectivity index (χ2n) is 2.38. The summed E-state index contributed by atoms with van der Waals surface area (Å²) in [5.74, 6) is 0.242. The zero-order chi connectivity index (χ0) is 9.90. The van der Waals surface area contributed by atoms with Gasteiger partial charge in [0.25, 0.3) is 0 Å². The van der Waals surface area contributed by atoms with Crippen LogP contribution in [0, 0.1) is 0 Å². The van der Waals surface area contributed by atoms with E-state index < -0.39 is 12.6 Å². The van der Waals surface area contributed by atoms with Gasteiger partial charge in [0.1, 0.15) is 5.82 Å². The summed E-state index contributed by atoms with van der Waals surface area (Å²) in [6, 6.07) is 0. The molecule has 0 aliphatic rings. The number of aromatic nitrogens is 2. The van der Waals surface area contributed by atoms with Gasteiger partial charge in [0.05, 0.1) is 6.42 Å². The standard InChI is InChI=1S/C6H8F3N3S/c1-10-5-11-4(12-13-5)2-3-6(7,8)9/h2-3H2,1H3,(H,10,11,12). The number of halogens is 3. The number of aryl methyl sites for hydroxylation is 1. The summed E-state index contributed by atoms with van der Waals surface area (Å²) in [7, 11) is 1.65. The zero-order valence-electron chi connectivity index (χ0n) is 6.85. The number of anilines is 1. The first-order valence-corrected chi connectivity index (χ1v) is 4.35. The molecule has 0 saturated heterocycles. The highest BCUT2D eigenvalue weighted by Gasteiger charge is 2.27.